The van der Waals surface area contributed by atoms with Gasteiger partial charge < -0.3 is 15.2 Å². The number of sulfonamides is 1. The highest BCUT2D eigenvalue weighted by atomic mass is 35.5. The number of aromatic nitrogens is 1. The number of benzene rings is 2. The van der Waals surface area contributed by atoms with Gasteiger partial charge in [-0.25, -0.2) is 13.4 Å². The number of carbonyl (C=O) groups is 1. The van der Waals surface area contributed by atoms with E-state index < -0.39 is 22.0 Å². The second-order valence-corrected chi connectivity index (χ2v) is 10.9. The molecule has 1 atom stereocenters. The molecular formula is C23H24ClN3O5S2. The van der Waals surface area contributed by atoms with Gasteiger partial charge in [-0.3, -0.25) is 9.52 Å². The Hall–Kier alpha value is -2.66. The van der Waals surface area contributed by atoms with Crippen molar-refractivity contribution in [2.24, 2.45) is 5.92 Å². The van der Waals surface area contributed by atoms with Gasteiger partial charge in [0.15, 0.2) is 5.82 Å². The van der Waals surface area contributed by atoms with Crippen molar-refractivity contribution in [1.82, 2.24) is 10.3 Å². The number of aryl methyl sites for hydroxylation is 1. The number of nitrogens with zero attached hydrogens (tertiary/aromatic N) is 1. The van der Waals surface area contributed by atoms with Crippen LogP contribution in [0.1, 0.15) is 24.8 Å². The lowest BCUT2D eigenvalue weighted by atomic mass is 10.1. The van der Waals surface area contributed by atoms with Gasteiger partial charge in [-0.2, -0.15) is 0 Å². The van der Waals surface area contributed by atoms with Gasteiger partial charge in [0.05, 0.1) is 10.4 Å². The first-order valence-electron chi connectivity index (χ1n) is 10.8. The maximum absolute atomic E-state index is 12.5. The first-order valence-corrected chi connectivity index (χ1v) is 13.6. The van der Waals surface area contributed by atoms with Crippen LogP contribution in [0.25, 0.3) is 0 Å². The third kappa shape index (κ3) is 6.47. The van der Waals surface area contributed by atoms with Gasteiger partial charge in [-0.15, -0.1) is 11.3 Å². The molecule has 1 heterocycles. The summed E-state index contributed by atoms with van der Waals surface area (Å²) < 4.78 is 33.4. The van der Waals surface area contributed by atoms with Gasteiger partial charge in [-0.05, 0) is 86.2 Å². The highest BCUT2D eigenvalue weighted by Gasteiger charge is 2.35. The number of aliphatic carboxylic acids is 1. The van der Waals surface area contributed by atoms with E-state index in [1.807, 2.05) is 6.07 Å². The van der Waals surface area contributed by atoms with Crippen LogP contribution in [-0.4, -0.2) is 37.1 Å². The van der Waals surface area contributed by atoms with Crippen LogP contribution in [-0.2, 0) is 21.2 Å². The Kier molecular flexibility index (Phi) is 7.72. The smallest absolute Gasteiger partial charge is 0.320 e. The van der Waals surface area contributed by atoms with Crippen molar-refractivity contribution < 1.29 is 23.1 Å². The molecule has 3 N–H and O–H groups in total. The molecule has 2 aromatic carbocycles. The molecule has 1 aromatic heterocycles. The van der Waals surface area contributed by atoms with E-state index in [9.17, 15) is 18.3 Å². The Morgan fingerprint density at radius 3 is 2.65 bits per heavy atom. The van der Waals surface area contributed by atoms with Crippen molar-refractivity contribution in [2.75, 3.05) is 11.3 Å². The van der Waals surface area contributed by atoms with Crippen LogP contribution >= 0.6 is 22.9 Å². The minimum absolute atomic E-state index is 0.0962. The number of carboxylic acids is 1. The summed E-state index contributed by atoms with van der Waals surface area (Å²) in [6.45, 7) is 0.567. The molecule has 4 rings (SSSR count). The summed E-state index contributed by atoms with van der Waals surface area (Å²) in [5, 5.41) is 14.7. The molecule has 8 nitrogen and oxygen atoms in total. The number of hydrogen-bond donors (Lipinski definition) is 3. The van der Waals surface area contributed by atoms with Gasteiger partial charge in [0, 0.05) is 10.4 Å². The minimum atomic E-state index is -3.74. The number of thiazole rings is 1. The van der Waals surface area contributed by atoms with Crippen LogP contribution in [0.4, 0.5) is 5.82 Å². The summed E-state index contributed by atoms with van der Waals surface area (Å²) in [5.74, 6) is 0.788. The average Bonchev–Trinajstić information content (AvgIpc) is 3.51. The third-order valence-electron chi connectivity index (χ3n) is 5.40. The van der Waals surface area contributed by atoms with Crippen molar-refractivity contribution in [2.45, 2.75) is 36.6 Å². The summed E-state index contributed by atoms with van der Waals surface area (Å²) in [6, 6.07) is 10.9. The number of halogens is 1. The van der Waals surface area contributed by atoms with E-state index in [1.54, 1.807) is 35.2 Å². The highest BCUT2D eigenvalue weighted by molar-refractivity contribution is 7.92. The maximum Gasteiger partial charge on any atom is 0.320 e. The van der Waals surface area contributed by atoms with Gasteiger partial charge in [0.25, 0.3) is 10.0 Å². The second kappa shape index (κ2) is 10.7. The van der Waals surface area contributed by atoms with Gasteiger partial charge in [0.2, 0.25) is 0 Å². The van der Waals surface area contributed by atoms with Crippen LogP contribution in [0.15, 0.2) is 58.3 Å². The van der Waals surface area contributed by atoms with Crippen molar-refractivity contribution in [3.05, 3.63) is 63.9 Å². The lowest BCUT2D eigenvalue weighted by Gasteiger charge is -2.15. The van der Waals surface area contributed by atoms with Crippen molar-refractivity contribution in [3.63, 3.8) is 0 Å². The Morgan fingerprint density at radius 2 is 2.00 bits per heavy atom. The summed E-state index contributed by atoms with van der Waals surface area (Å²) in [5.41, 5.74) is 2.43. The summed E-state index contributed by atoms with van der Waals surface area (Å²) >= 11 is 7.47. The van der Waals surface area contributed by atoms with E-state index in [1.165, 1.54) is 23.5 Å². The Balaban J connectivity index is 1.38. The third-order valence-corrected chi connectivity index (χ3v) is 7.59. The summed E-state index contributed by atoms with van der Waals surface area (Å²) in [7, 11) is -3.74. The van der Waals surface area contributed by atoms with Crippen LogP contribution in [0.5, 0.6) is 11.5 Å². The van der Waals surface area contributed by atoms with E-state index >= 15 is 0 Å². The quantitative estimate of drug-likeness (QED) is 0.294. The standard InChI is InChI=1S/C23H24ClN3O5S2/c24-17-5-10-20(16(12-17)2-1-11-25-22(23(28)29)15-3-4-15)32-18-6-8-19(9-7-18)34(30,31)27-21-13-33-14-26-21/h5-10,12-15,22,25,27H,1-4,11H2,(H,28,29). The lowest BCUT2D eigenvalue weighted by Crippen LogP contribution is -2.39. The highest BCUT2D eigenvalue weighted by Crippen LogP contribution is 2.33. The molecule has 34 heavy (non-hydrogen) atoms. The fourth-order valence-electron chi connectivity index (χ4n) is 3.54. The van der Waals surface area contributed by atoms with Crippen LogP contribution in [0, 0.1) is 5.92 Å². The molecule has 11 heteroatoms. The number of nitrogens with one attached hydrogen (secondary N) is 2. The largest absolute Gasteiger partial charge is 0.480 e. The number of anilines is 1. The zero-order valence-electron chi connectivity index (χ0n) is 18.1. The molecule has 0 amide bonds. The van der Waals surface area contributed by atoms with Crippen LogP contribution in [0.3, 0.4) is 0 Å². The molecule has 0 spiro atoms. The molecule has 0 aliphatic heterocycles. The van der Waals surface area contributed by atoms with E-state index in [-0.39, 0.29) is 16.6 Å². The van der Waals surface area contributed by atoms with Crippen molar-refractivity contribution >= 4 is 44.7 Å². The Morgan fingerprint density at radius 1 is 1.24 bits per heavy atom. The molecule has 0 bridgehead atoms. The van der Waals surface area contributed by atoms with E-state index in [2.05, 4.69) is 15.0 Å². The number of rotatable bonds is 12. The van der Waals surface area contributed by atoms with E-state index in [0.717, 1.165) is 18.4 Å². The van der Waals surface area contributed by atoms with Crippen molar-refractivity contribution in [3.8, 4) is 11.5 Å². The minimum Gasteiger partial charge on any atom is -0.480 e. The molecule has 1 unspecified atom stereocenters. The first-order chi connectivity index (χ1) is 16.3. The van der Waals surface area contributed by atoms with Gasteiger partial charge in [0.1, 0.15) is 17.5 Å². The number of hydrogen-bond acceptors (Lipinski definition) is 7. The molecular weight excluding hydrogens is 498 g/mol. The summed E-state index contributed by atoms with van der Waals surface area (Å²) in [4.78, 5) is 15.4. The molecule has 3 aromatic rings. The predicted molar refractivity (Wildman–Crippen MR) is 131 cm³/mol. The zero-order valence-corrected chi connectivity index (χ0v) is 20.5. The SMILES string of the molecule is O=C(O)C(NCCCc1cc(Cl)ccc1Oc1ccc(S(=O)(=O)Nc2cscn2)cc1)C1CC1. The molecule has 180 valence electrons. The monoisotopic (exact) mass is 521 g/mol. The average molecular weight is 522 g/mol. The fraction of sp³-hybridized carbons (Fsp3) is 0.304. The number of carboxylic acid groups (broad SMARTS) is 1. The second-order valence-electron chi connectivity index (χ2n) is 8.02. The zero-order chi connectivity index (χ0) is 24.1. The maximum atomic E-state index is 12.5. The van der Waals surface area contributed by atoms with Crippen LogP contribution < -0.4 is 14.8 Å². The fourth-order valence-corrected chi connectivity index (χ4v) is 5.29. The molecule has 0 saturated heterocycles. The molecule has 1 aliphatic carbocycles. The topological polar surface area (TPSA) is 118 Å². The molecule has 1 aliphatic rings. The van der Waals surface area contributed by atoms with Crippen LogP contribution in [0.2, 0.25) is 5.02 Å². The lowest BCUT2D eigenvalue weighted by molar-refractivity contribution is -0.140. The Bertz CT molecular complexity index is 1230. The van der Waals surface area contributed by atoms with E-state index in [0.29, 0.717) is 35.9 Å². The first kappa shape index (κ1) is 24.5. The summed E-state index contributed by atoms with van der Waals surface area (Å²) in [6.07, 6.45) is 3.27. The van der Waals surface area contributed by atoms with Gasteiger partial charge >= 0.3 is 5.97 Å². The number of ether oxygens (including phenoxy) is 1. The molecule has 1 fully saturated rings. The van der Waals surface area contributed by atoms with E-state index in [4.69, 9.17) is 16.3 Å². The molecule has 0 radical (unpaired) electrons. The normalized spacial score (nSPS) is 14.5. The van der Waals surface area contributed by atoms with Gasteiger partial charge in [-0.1, -0.05) is 11.6 Å². The predicted octanol–water partition coefficient (Wildman–Crippen LogP) is 4.78. The molecule has 1 saturated carbocycles. The Labute approximate surface area is 207 Å². The van der Waals surface area contributed by atoms with Crippen molar-refractivity contribution in [1.29, 1.82) is 0 Å².